The predicted octanol–water partition coefficient (Wildman–Crippen LogP) is 11.1. The van der Waals surface area contributed by atoms with Crippen molar-refractivity contribution in [1.29, 1.82) is 0 Å². The highest BCUT2D eigenvalue weighted by Crippen LogP contribution is 2.67. The third-order valence-electron chi connectivity index (χ3n) is 15.5. The first-order chi connectivity index (χ1) is 25.3. The van der Waals surface area contributed by atoms with E-state index < -0.39 is 0 Å². The van der Waals surface area contributed by atoms with Crippen molar-refractivity contribution in [1.82, 2.24) is 10.2 Å². The number of allylic oxidation sites excluding steroid dienone is 1. The molecular weight excluding hydrogens is 775 g/mol. The van der Waals surface area contributed by atoms with E-state index in [-0.39, 0.29) is 84.5 Å². The molecule has 0 radical (unpaired) electrons. The second-order valence-corrected chi connectivity index (χ2v) is 21.1. The third kappa shape index (κ3) is 15.1. The number of nitrogens with two attached hydrogens (primary N) is 2. The number of esters is 1. The summed E-state index contributed by atoms with van der Waals surface area (Å²) in [6.07, 6.45) is 20.2. The molecule has 0 aromatic heterocycles. The van der Waals surface area contributed by atoms with Crippen molar-refractivity contribution in [3.8, 4) is 0 Å². The Morgan fingerprint density at radius 1 is 0.877 bits per heavy atom. The molecule has 57 heavy (non-hydrogen) atoms. The molecule has 336 valence electrons. The summed E-state index contributed by atoms with van der Waals surface area (Å²) in [6, 6.07) is 0. The summed E-state index contributed by atoms with van der Waals surface area (Å²) in [5, 5.41) is 3.47. The summed E-state index contributed by atoms with van der Waals surface area (Å²) < 4.78 is 6.13. The van der Waals surface area contributed by atoms with E-state index in [0.29, 0.717) is 18.5 Å². The van der Waals surface area contributed by atoms with E-state index >= 15 is 0 Å². The molecule has 3 fully saturated rings. The molecule has 0 aromatic carbocycles. The molecule has 7 nitrogen and oxygen atoms in total. The second-order valence-electron chi connectivity index (χ2n) is 21.1. The van der Waals surface area contributed by atoms with Gasteiger partial charge in [0.15, 0.2) is 0 Å². The summed E-state index contributed by atoms with van der Waals surface area (Å²) in [6.45, 7) is 26.2. The smallest absolute Gasteiger partial charge is 0.306 e. The number of ether oxygens (including phenoxy) is 1. The highest BCUT2D eigenvalue weighted by Gasteiger charge is 2.59. The first-order valence-electron chi connectivity index (χ1n) is 22.7. The lowest BCUT2D eigenvalue weighted by atomic mass is 9.47. The van der Waals surface area contributed by atoms with Gasteiger partial charge >= 0.3 is 5.97 Å². The van der Waals surface area contributed by atoms with Gasteiger partial charge in [0.2, 0.25) is 5.91 Å². The number of amides is 1. The topological polar surface area (TPSA) is 111 Å². The van der Waals surface area contributed by atoms with Gasteiger partial charge in [0.25, 0.3) is 0 Å². The number of hydrogen-bond acceptors (Lipinski definition) is 6. The Morgan fingerprint density at radius 2 is 1.56 bits per heavy atom. The van der Waals surface area contributed by atoms with Crippen LogP contribution in [0, 0.1) is 52.3 Å². The zero-order chi connectivity index (χ0) is 39.9. The maximum absolute atomic E-state index is 13.4. The van der Waals surface area contributed by atoms with Crippen LogP contribution in [0.15, 0.2) is 11.6 Å². The van der Waals surface area contributed by atoms with Crippen molar-refractivity contribution in [2.45, 2.75) is 196 Å². The minimum absolute atomic E-state index is 0. The number of carbonyl (C=O) groups is 2. The molecule has 0 saturated heterocycles. The van der Waals surface area contributed by atoms with Crippen LogP contribution in [0.1, 0.15) is 178 Å². The molecule has 0 unspecified atom stereocenters. The SMILES string of the molecule is CC[C@H](CC[C@@H](C)[C@H]1CC[C@H]2[C@@H]3CC=C4C[C@@H](OC(=O)CCC(=O)N(CCCCNCCC(C)(C)N)CCC(C)(C)N)CC[C@]4(C)[C@H]3CC[C@]12C)C(C)C.Cl.Cl.Cl. The van der Waals surface area contributed by atoms with Crippen molar-refractivity contribution < 1.29 is 14.3 Å². The van der Waals surface area contributed by atoms with Gasteiger partial charge in [-0.05, 0) is 170 Å². The van der Waals surface area contributed by atoms with E-state index in [1.807, 2.05) is 32.6 Å². The molecule has 4 aliphatic carbocycles. The lowest BCUT2D eigenvalue weighted by Crippen LogP contribution is -2.51. The summed E-state index contributed by atoms with van der Waals surface area (Å²) in [5.41, 5.74) is 14.1. The molecule has 0 aliphatic heterocycles. The molecular formula is C47H89Cl3N4O3. The van der Waals surface area contributed by atoms with Gasteiger partial charge in [0.05, 0.1) is 6.42 Å². The van der Waals surface area contributed by atoms with Crippen molar-refractivity contribution in [2.24, 2.45) is 63.7 Å². The fraction of sp³-hybridized carbons (Fsp3) is 0.915. The Kier molecular flexibility index (Phi) is 22.5. The molecule has 9 atom stereocenters. The number of hydrogen-bond donors (Lipinski definition) is 3. The van der Waals surface area contributed by atoms with Gasteiger partial charge in [-0.2, -0.15) is 0 Å². The Balaban J connectivity index is 0.00000541. The van der Waals surface area contributed by atoms with E-state index in [1.165, 1.54) is 51.4 Å². The molecule has 0 bridgehead atoms. The molecule has 1 amide bonds. The van der Waals surface area contributed by atoms with Gasteiger partial charge in [0, 0.05) is 37.0 Å². The lowest BCUT2D eigenvalue weighted by Gasteiger charge is -2.58. The third-order valence-corrected chi connectivity index (χ3v) is 15.5. The van der Waals surface area contributed by atoms with Crippen LogP contribution in [0.3, 0.4) is 0 Å². The van der Waals surface area contributed by atoms with Crippen LogP contribution in [0.5, 0.6) is 0 Å². The van der Waals surface area contributed by atoms with Crippen LogP contribution in [0.25, 0.3) is 0 Å². The van der Waals surface area contributed by atoms with Gasteiger partial charge < -0.3 is 26.4 Å². The summed E-state index contributed by atoms with van der Waals surface area (Å²) in [5.74, 6) is 5.55. The normalized spacial score (nSPS) is 29.3. The Bertz CT molecular complexity index is 1250. The first-order valence-corrected chi connectivity index (χ1v) is 22.7. The van der Waals surface area contributed by atoms with Gasteiger partial charge in [-0.15, -0.1) is 37.2 Å². The van der Waals surface area contributed by atoms with E-state index in [2.05, 4.69) is 52.9 Å². The van der Waals surface area contributed by atoms with Crippen LogP contribution in [-0.4, -0.2) is 60.1 Å². The molecule has 5 N–H and O–H groups in total. The Morgan fingerprint density at radius 3 is 2.19 bits per heavy atom. The molecule has 4 aliphatic rings. The van der Waals surface area contributed by atoms with Crippen molar-refractivity contribution >= 4 is 49.1 Å². The zero-order valence-corrected chi connectivity index (χ0v) is 40.5. The number of unbranched alkanes of at least 4 members (excludes halogenated alkanes) is 1. The Labute approximate surface area is 369 Å². The molecule has 10 heteroatoms. The predicted molar refractivity (Wildman–Crippen MR) is 248 cm³/mol. The fourth-order valence-corrected chi connectivity index (χ4v) is 11.9. The molecule has 3 saturated carbocycles. The molecule has 0 aromatic rings. The summed E-state index contributed by atoms with van der Waals surface area (Å²) in [7, 11) is 0. The minimum Gasteiger partial charge on any atom is -0.462 e. The van der Waals surface area contributed by atoms with Crippen LogP contribution in [0.2, 0.25) is 0 Å². The number of nitrogens with zero attached hydrogens (tertiary/aromatic N) is 1. The second kappa shape index (κ2) is 23.6. The van der Waals surface area contributed by atoms with Gasteiger partial charge in [-0.25, -0.2) is 0 Å². The number of carbonyl (C=O) groups excluding carboxylic acids is 2. The quantitative estimate of drug-likeness (QED) is 0.0602. The van der Waals surface area contributed by atoms with E-state index in [0.717, 1.165) is 99.5 Å². The van der Waals surface area contributed by atoms with Gasteiger partial charge in [-0.1, -0.05) is 66.0 Å². The summed E-state index contributed by atoms with van der Waals surface area (Å²) >= 11 is 0. The lowest BCUT2D eigenvalue weighted by molar-refractivity contribution is -0.153. The number of fused-ring (bicyclic) bond motifs is 5. The maximum Gasteiger partial charge on any atom is 0.306 e. The number of rotatable bonds is 21. The van der Waals surface area contributed by atoms with Crippen molar-refractivity contribution in [2.75, 3.05) is 26.2 Å². The van der Waals surface area contributed by atoms with Crippen LogP contribution < -0.4 is 16.8 Å². The highest BCUT2D eigenvalue weighted by atomic mass is 35.5. The first kappa shape index (κ1) is 54.4. The van der Waals surface area contributed by atoms with Crippen LogP contribution in [-0.2, 0) is 14.3 Å². The standard InChI is InChI=1S/C47H86N4O3.3ClH/c1-11-35(33(2)3)15-14-34(4)39-18-19-40-38-17-16-36-32-37(22-24-46(36,9)41(38)23-25-47(39,40)10)54-43(53)21-20-42(52)51(31-27-45(7,8)49)30-13-12-28-50-29-26-44(5,6)48;;;/h16,33-35,37-41,50H,11-15,17-32,48-49H2,1-10H3;3*1H/t34-,35-,37+,38+,39-,40+,41+,46+,47-;;;/m1.../s1. The molecule has 4 rings (SSSR count). The van der Waals surface area contributed by atoms with Gasteiger partial charge in [0.1, 0.15) is 6.10 Å². The maximum atomic E-state index is 13.4. The van der Waals surface area contributed by atoms with Crippen molar-refractivity contribution in [3.63, 3.8) is 0 Å². The minimum atomic E-state index is -0.349. The number of halogens is 3. The van der Waals surface area contributed by atoms with Crippen LogP contribution >= 0.6 is 37.2 Å². The highest BCUT2D eigenvalue weighted by molar-refractivity contribution is 5.86. The van der Waals surface area contributed by atoms with E-state index in [1.54, 1.807) is 5.57 Å². The van der Waals surface area contributed by atoms with E-state index in [9.17, 15) is 9.59 Å². The summed E-state index contributed by atoms with van der Waals surface area (Å²) in [4.78, 5) is 28.5. The Hall–Kier alpha value is -0.570. The van der Waals surface area contributed by atoms with Crippen LogP contribution in [0.4, 0.5) is 0 Å². The fourth-order valence-electron chi connectivity index (χ4n) is 11.9. The largest absolute Gasteiger partial charge is 0.462 e. The average Bonchev–Trinajstić information content (AvgIpc) is 3.44. The van der Waals surface area contributed by atoms with Gasteiger partial charge in [-0.3, -0.25) is 9.59 Å². The molecule has 0 heterocycles. The zero-order valence-electron chi connectivity index (χ0n) is 38.1. The van der Waals surface area contributed by atoms with E-state index in [4.69, 9.17) is 16.2 Å². The molecule has 0 spiro atoms. The monoisotopic (exact) mass is 863 g/mol. The number of nitrogens with one attached hydrogen (secondary N) is 1. The van der Waals surface area contributed by atoms with Crippen molar-refractivity contribution in [3.05, 3.63) is 11.6 Å². The average molecular weight is 865 g/mol.